The number of aromatic nitrogens is 2. The Labute approximate surface area is 251 Å². The Kier molecular flexibility index (Phi) is 10.5. The Morgan fingerprint density at radius 2 is 1.81 bits per heavy atom. The van der Waals surface area contributed by atoms with Crippen molar-refractivity contribution in [1.29, 1.82) is 0 Å². The van der Waals surface area contributed by atoms with Gasteiger partial charge in [-0.1, -0.05) is 30.3 Å². The first-order chi connectivity index (χ1) is 20.7. The highest BCUT2D eigenvalue weighted by Gasteiger charge is 2.29. The summed E-state index contributed by atoms with van der Waals surface area (Å²) in [5.74, 6) is -0.354. The molecular weight excluding hydrogens is 570 g/mol. The number of nitrogens with zero attached hydrogens (tertiary/aromatic N) is 3. The van der Waals surface area contributed by atoms with Crippen molar-refractivity contribution < 1.29 is 28.2 Å². The van der Waals surface area contributed by atoms with Crippen molar-refractivity contribution >= 4 is 39.0 Å². The van der Waals surface area contributed by atoms with Gasteiger partial charge in [-0.25, -0.2) is 8.42 Å². The molecule has 228 valence electrons. The number of aliphatic hydroxyl groups is 1. The highest BCUT2D eigenvalue weighted by atomic mass is 32.2. The summed E-state index contributed by atoms with van der Waals surface area (Å²) in [6.07, 6.45) is 5.42. The van der Waals surface area contributed by atoms with Crippen molar-refractivity contribution in [3.8, 4) is 0 Å². The average Bonchev–Trinajstić information content (AvgIpc) is 3.34. The molecule has 2 aromatic heterocycles. The summed E-state index contributed by atoms with van der Waals surface area (Å²) >= 11 is 0. The Balaban J connectivity index is 0.00000135. The molecule has 2 aromatic carbocycles. The highest BCUT2D eigenvalue weighted by Crippen LogP contribution is 2.36. The predicted molar refractivity (Wildman–Crippen MR) is 166 cm³/mol. The van der Waals surface area contributed by atoms with Gasteiger partial charge in [-0.15, -0.1) is 0 Å². The molecular formula is C31H37N5O6S. The number of pyridine rings is 1. The van der Waals surface area contributed by atoms with Gasteiger partial charge in [-0.05, 0) is 60.7 Å². The molecule has 4 aromatic rings. The van der Waals surface area contributed by atoms with E-state index in [9.17, 15) is 18.3 Å². The number of carbonyl (C=O) groups excluding carboxylic acids is 1. The fourth-order valence-corrected chi connectivity index (χ4v) is 6.45. The fraction of sp³-hybridized carbons (Fsp3) is 0.323. The van der Waals surface area contributed by atoms with Gasteiger partial charge in [0.1, 0.15) is 0 Å². The first kappa shape index (κ1) is 31.7. The number of benzene rings is 2. The van der Waals surface area contributed by atoms with Crippen LogP contribution in [0.5, 0.6) is 0 Å². The Morgan fingerprint density at radius 1 is 1.12 bits per heavy atom. The molecule has 0 unspecified atom stereocenters. The number of anilines is 1. The molecule has 3 heterocycles. The van der Waals surface area contributed by atoms with Crippen molar-refractivity contribution in [3.63, 3.8) is 0 Å². The maximum Gasteiger partial charge on any atom is 0.290 e. The van der Waals surface area contributed by atoms with Crippen LogP contribution in [0.2, 0.25) is 0 Å². The summed E-state index contributed by atoms with van der Waals surface area (Å²) in [4.78, 5) is 26.1. The molecule has 0 saturated heterocycles. The lowest BCUT2D eigenvalue weighted by Gasteiger charge is -2.25. The van der Waals surface area contributed by atoms with Crippen molar-refractivity contribution in [3.05, 3.63) is 95.4 Å². The van der Waals surface area contributed by atoms with Crippen LogP contribution in [-0.2, 0) is 40.7 Å². The number of amides is 1. The number of hydrogen-bond donors (Lipinski definition) is 4. The Hall–Kier alpha value is -4.26. The number of rotatable bonds is 10. The number of carboxylic acid groups (broad SMARTS) is 1. The molecule has 0 spiro atoms. The molecule has 5 rings (SSSR count). The van der Waals surface area contributed by atoms with E-state index in [2.05, 4.69) is 20.2 Å². The molecule has 0 fully saturated rings. The maximum atomic E-state index is 13.7. The first-order valence-electron chi connectivity index (χ1n) is 14.0. The van der Waals surface area contributed by atoms with E-state index in [0.29, 0.717) is 37.2 Å². The quantitative estimate of drug-likeness (QED) is 0.201. The predicted octanol–water partition coefficient (Wildman–Crippen LogP) is 2.57. The molecule has 0 radical (unpaired) electrons. The van der Waals surface area contributed by atoms with Gasteiger partial charge in [0.15, 0.2) is 0 Å². The zero-order chi connectivity index (χ0) is 31.0. The third-order valence-electron chi connectivity index (χ3n) is 7.54. The van der Waals surface area contributed by atoms with Gasteiger partial charge < -0.3 is 25.4 Å². The van der Waals surface area contributed by atoms with Gasteiger partial charge in [-0.3, -0.25) is 18.9 Å². The second-order valence-corrected chi connectivity index (χ2v) is 12.4. The summed E-state index contributed by atoms with van der Waals surface area (Å²) in [6, 6.07) is 16.4. The number of aliphatic hydroxyl groups excluding tert-OH is 1. The van der Waals surface area contributed by atoms with Crippen molar-refractivity contribution in [1.82, 2.24) is 20.2 Å². The van der Waals surface area contributed by atoms with Gasteiger partial charge in [0.2, 0.25) is 10.0 Å². The number of carbonyl (C=O) groups is 2. The van der Waals surface area contributed by atoms with Crippen LogP contribution in [0.4, 0.5) is 5.69 Å². The van der Waals surface area contributed by atoms with Crippen LogP contribution in [-0.4, -0.2) is 72.1 Å². The van der Waals surface area contributed by atoms with Crippen molar-refractivity contribution in [2.24, 2.45) is 0 Å². The topological polar surface area (TPSA) is 154 Å². The largest absolute Gasteiger partial charge is 0.483 e. The van der Waals surface area contributed by atoms with Crippen LogP contribution in [0.15, 0.2) is 73.2 Å². The van der Waals surface area contributed by atoms with E-state index in [4.69, 9.17) is 9.90 Å². The SMILES string of the molecule is CCn1cc2c3c(cc(C(=O)N[C@@H](Cc4ccccc4)[C@H](O)CNCc4ccncc4)cc31)N(C)S(=O)(=O)CC2.O=CO. The highest BCUT2D eigenvalue weighted by molar-refractivity contribution is 7.92. The minimum Gasteiger partial charge on any atom is -0.483 e. The lowest BCUT2D eigenvalue weighted by atomic mass is 10.00. The van der Waals surface area contributed by atoms with Crippen LogP contribution in [0, 0.1) is 0 Å². The molecule has 2 atom stereocenters. The van der Waals surface area contributed by atoms with E-state index in [1.54, 1.807) is 25.5 Å². The normalized spacial score (nSPS) is 15.1. The zero-order valence-corrected chi connectivity index (χ0v) is 25.0. The number of sulfonamides is 1. The second-order valence-electron chi connectivity index (χ2n) is 10.3. The zero-order valence-electron chi connectivity index (χ0n) is 24.2. The maximum absolute atomic E-state index is 13.7. The fourth-order valence-electron chi connectivity index (χ4n) is 5.26. The van der Waals surface area contributed by atoms with E-state index in [1.807, 2.05) is 61.7 Å². The summed E-state index contributed by atoms with van der Waals surface area (Å²) in [5.41, 5.74) is 4.66. The van der Waals surface area contributed by atoms with Gasteiger partial charge >= 0.3 is 0 Å². The van der Waals surface area contributed by atoms with Gasteiger partial charge in [0, 0.05) is 56.2 Å². The number of nitrogens with one attached hydrogen (secondary N) is 2. The summed E-state index contributed by atoms with van der Waals surface area (Å²) < 4.78 is 29.1. The molecule has 1 amide bonds. The summed E-state index contributed by atoms with van der Waals surface area (Å²) in [7, 11) is -1.97. The minimum atomic E-state index is -3.51. The molecule has 12 heteroatoms. The third-order valence-corrected chi connectivity index (χ3v) is 9.29. The first-order valence-corrected chi connectivity index (χ1v) is 15.6. The molecule has 11 nitrogen and oxygen atoms in total. The van der Waals surface area contributed by atoms with Gasteiger partial charge in [0.25, 0.3) is 12.4 Å². The Bertz CT molecular complexity index is 1640. The van der Waals surface area contributed by atoms with E-state index in [0.717, 1.165) is 27.6 Å². The van der Waals surface area contributed by atoms with Crippen LogP contribution in [0.3, 0.4) is 0 Å². The summed E-state index contributed by atoms with van der Waals surface area (Å²) in [5, 5.41) is 25.2. The second kappa shape index (κ2) is 14.3. The van der Waals surface area contributed by atoms with E-state index in [1.165, 1.54) is 4.31 Å². The molecule has 0 aliphatic carbocycles. The molecule has 1 aliphatic heterocycles. The third kappa shape index (κ3) is 7.58. The Morgan fingerprint density at radius 3 is 2.49 bits per heavy atom. The molecule has 1 aliphatic rings. The monoisotopic (exact) mass is 607 g/mol. The lowest BCUT2D eigenvalue weighted by molar-refractivity contribution is -0.122. The molecule has 0 bridgehead atoms. The van der Waals surface area contributed by atoms with E-state index < -0.39 is 22.2 Å². The summed E-state index contributed by atoms with van der Waals surface area (Å²) in [6.45, 7) is 3.29. The van der Waals surface area contributed by atoms with Crippen molar-refractivity contribution in [2.45, 2.75) is 45.0 Å². The van der Waals surface area contributed by atoms with Crippen LogP contribution in [0.1, 0.15) is 34.0 Å². The lowest BCUT2D eigenvalue weighted by Crippen LogP contribution is -2.48. The average molecular weight is 608 g/mol. The van der Waals surface area contributed by atoms with Gasteiger partial charge in [-0.2, -0.15) is 0 Å². The number of aryl methyl sites for hydroxylation is 2. The number of hydrogen-bond acceptors (Lipinski definition) is 7. The van der Waals surface area contributed by atoms with E-state index in [-0.39, 0.29) is 24.7 Å². The molecule has 43 heavy (non-hydrogen) atoms. The smallest absolute Gasteiger partial charge is 0.290 e. The van der Waals surface area contributed by atoms with E-state index >= 15 is 0 Å². The van der Waals surface area contributed by atoms with Gasteiger partial charge in [0.05, 0.1) is 29.1 Å². The van der Waals surface area contributed by atoms with Crippen molar-refractivity contribution in [2.75, 3.05) is 23.7 Å². The van der Waals surface area contributed by atoms with Crippen LogP contribution >= 0.6 is 0 Å². The van der Waals surface area contributed by atoms with Crippen LogP contribution in [0.25, 0.3) is 10.9 Å². The minimum absolute atomic E-state index is 0.0143. The standard InChI is InChI=1S/C30H35N5O4S.CH2O2/c1-3-35-20-23-11-14-40(38,39)34(2)26-16-24(17-27(35)29(23)26)30(37)33-25(15-21-7-5-4-6-8-21)28(36)19-32-18-22-9-12-31-13-10-22;2-1-3/h4-10,12-13,16-17,20,25,28,32,36H,3,11,14-15,18-19H2,1-2H3,(H,33,37);1H,(H,2,3)/t25-,28+;/m0./s1. The van der Waals surface area contributed by atoms with Crippen LogP contribution < -0.4 is 14.9 Å². The molecule has 0 saturated carbocycles. The molecule has 4 N–H and O–H groups in total.